The number of rotatable bonds is 10. The van der Waals surface area contributed by atoms with Crippen molar-refractivity contribution in [2.45, 2.75) is 71.1 Å². The van der Waals surface area contributed by atoms with Crippen LogP contribution in [0.4, 0.5) is 0 Å². The molecular weight excluding hydrogens is 396 g/mol. The first kappa shape index (κ1) is 25.2. The first-order valence-electron chi connectivity index (χ1n) is 10.00. The molecule has 29 heavy (non-hydrogen) atoms. The molecule has 0 spiro atoms. The molecule has 0 aromatic carbocycles. The van der Waals surface area contributed by atoms with Gasteiger partial charge in [0.05, 0.1) is 6.04 Å². The van der Waals surface area contributed by atoms with Crippen LogP contribution in [0.25, 0.3) is 0 Å². The zero-order valence-electron chi connectivity index (χ0n) is 17.6. The minimum absolute atomic E-state index is 0.0554. The highest BCUT2D eigenvalue weighted by Gasteiger charge is 2.39. The Hall–Kier alpha value is -1.81. The van der Waals surface area contributed by atoms with Gasteiger partial charge in [-0.2, -0.15) is 12.6 Å². The van der Waals surface area contributed by atoms with Crippen molar-refractivity contribution in [2.75, 3.05) is 12.3 Å². The van der Waals surface area contributed by atoms with Gasteiger partial charge in [0.1, 0.15) is 18.1 Å². The van der Waals surface area contributed by atoms with Crippen LogP contribution in [0.5, 0.6) is 0 Å². The van der Waals surface area contributed by atoms with E-state index >= 15 is 0 Å². The molecule has 9 nitrogen and oxygen atoms in total. The van der Waals surface area contributed by atoms with Crippen molar-refractivity contribution in [3.05, 3.63) is 0 Å². The van der Waals surface area contributed by atoms with Crippen molar-refractivity contribution in [1.82, 2.24) is 15.5 Å². The Bertz CT molecular complexity index is 613. The molecule has 1 fully saturated rings. The van der Waals surface area contributed by atoms with E-state index in [9.17, 15) is 19.2 Å². The maximum absolute atomic E-state index is 13.1. The van der Waals surface area contributed by atoms with Crippen LogP contribution in [0.2, 0.25) is 0 Å². The number of aliphatic carboxylic acids is 1. The highest BCUT2D eigenvalue weighted by atomic mass is 32.1. The lowest BCUT2D eigenvalue weighted by molar-refractivity contribution is -0.145. The lowest BCUT2D eigenvalue weighted by Crippen LogP contribution is -2.58. The molecule has 0 bridgehead atoms. The van der Waals surface area contributed by atoms with E-state index in [1.165, 1.54) is 4.90 Å². The second-order valence-corrected chi connectivity index (χ2v) is 8.60. The summed E-state index contributed by atoms with van der Waals surface area (Å²) in [5.41, 5.74) is 5.93. The zero-order chi connectivity index (χ0) is 22.3. The molecule has 0 radical (unpaired) electrons. The van der Waals surface area contributed by atoms with Gasteiger partial charge in [0.15, 0.2) is 0 Å². The monoisotopic (exact) mass is 430 g/mol. The Morgan fingerprint density at radius 1 is 1.17 bits per heavy atom. The number of nitrogens with two attached hydrogens (primary N) is 1. The predicted molar refractivity (Wildman–Crippen MR) is 112 cm³/mol. The highest BCUT2D eigenvalue weighted by molar-refractivity contribution is 7.80. The topological polar surface area (TPSA) is 142 Å². The average molecular weight is 431 g/mol. The van der Waals surface area contributed by atoms with E-state index in [-0.39, 0.29) is 23.5 Å². The van der Waals surface area contributed by atoms with E-state index in [1.807, 2.05) is 27.7 Å². The molecule has 0 aromatic rings. The molecule has 5 N–H and O–H groups in total. The second-order valence-electron chi connectivity index (χ2n) is 8.24. The van der Waals surface area contributed by atoms with Gasteiger partial charge in [0.2, 0.25) is 17.7 Å². The molecule has 4 unspecified atom stereocenters. The Balaban J connectivity index is 2.88. The minimum Gasteiger partial charge on any atom is -0.480 e. The van der Waals surface area contributed by atoms with E-state index < -0.39 is 42.0 Å². The van der Waals surface area contributed by atoms with Crippen LogP contribution >= 0.6 is 12.6 Å². The molecule has 0 saturated carbocycles. The van der Waals surface area contributed by atoms with Gasteiger partial charge in [-0.15, -0.1) is 0 Å². The van der Waals surface area contributed by atoms with Gasteiger partial charge >= 0.3 is 5.97 Å². The normalized spacial score (nSPS) is 19.7. The number of carboxylic acid groups (broad SMARTS) is 1. The molecule has 1 aliphatic heterocycles. The van der Waals surface area contributed by atoms with E-state index in [0.717, 1.165) is 0 Å². The summed E-state index contributed by atoms with van der Waals surface area (Å²) in [5.74, 6) is -2.48. The van der Waals surface area contributed by atoms with Crippen LogP contribution in [0, 0.1) is 11.8 Å². The van der Waals surface area contributed by atoms with Crippen molar-refractivity contribution < 1.29 is 24.3 Å². The van der Waals surface area contributed by atoms with E-state index in [0.29, 0.717) is 25.8 Å². The summed E-state index contributed by atoms with van der Waals surface area (Å²) in [6.07, 6.45) is 1.55. The number of carbonyl (C=O) groups is 4. The largest absolute Gasteiger partial charge is 0.480 e. The number of likely N-dealkylation sites (tertiary alicyclic amines) is 1. The SMILES string of the molecule is CC(C)CC(N)C(=O)NC(C(=O)N1CCCC1C(=O)NC(CS)C(=O)O)C(C)C. The number of thiol groups is 1. The van der Waals surface area contributed by atoms with Crippen molar-refractivity contribution in [3.8, 4) is 0 Å². The number of amides is 3. The summed E-state index contributed by atoms with van der Waals surface area (Å²) >= 11 is 3.94. The highest BCUT2D eigenvalue weighted by Crippen LogP contribution is 2.21. The fourth-order valence-corrected chi connectivity index (χ4v) is 3.57. The number of carbonyl (C=O) groups excluding carboxylic acids is 3. The Kier molecular flexibility index (Phi) is 9.91. The van der Waals surface area contributed by atoms with E-state index in [1.54, 1.807) is 0 Å². The molecule has 10 heteroatoms. The zero-order valence-corrected chi connectivity index (χ0v) is 18.4. The number of nitrogens with one attached hydrogen (secondary N) is 2. The maximum atomic E-state index is 13.1. The summed E-state index contributed by atoms with van der Waals surface area (Å²) in [6.45, 7) is 7.90. The van der Waals surface area contributed by atoms with Gasteiger partial charge in [-0.3, -0.25) is 14.4 Å². The third-order valence-electron chi connectivity index (χ3n) is 4.93. The first-order valence-corrected chi connectivity index (χ1v) is 10.6. The fraction of sp³-hybridized carbons (Fsp3) is 0.789. The Morgan fingerprint density at radius 3 is 2.28 bits per heavy atom. The summed E-state index contributed by atoms with van der Waals surface area (Å²) in [6, 6.07) is -3.42. The smallest absolute Gasteiger partial charge is 0.327 e. The van der Waals surface area contributed by atoms with Crippen LogP contribution in [0.1, 0.15) is 47.0 Å². The molecule has 1 heterocycles. The van der Waals surface area contributed by atoms with Crippen molar-refractivity contribution in [1.29, 1.82) is 0 Å². The Labute approximate surface area is 177 Å². The lowest BCUT2D eigenvalue weighted by Gasteiger charge is -2.31. The fourth-order valence-electron chi connectivity index (χ4n) is 3.32. The second kappa shape index (κ2) is 11.4. The van der Waals surface area contributed by atoms with E-state index in [4.69, 9.17) is 10.8 Å². The van der Waals surface area contributed by atoms with Crippen LogP contribution in [0.15, 0.2) is 0 Å². The standard InChI is InChI=1S/C19H34N4O5S/c1-10(2)8-12(20)16(24)22-15(11(3)4)18(26)23-7-5-6-14(23)17(25)21-13(9-29)19(27)28/h10-15,29H,5-9,20H2,1-4H3,(H,21,25)(H,22,24)(H,27,28). The molecule has 4 atom stereocenters. The number of carboxylic acids is 1. The molecule has 1 rings (SSSR count). The van der Waals surface area contributed by atoms with Gasteiger partial charge in [0, 0.05) is 12.3 Å². The van der Waals surface area contributed by atoms with Gasteiger partial charge in [-0.25, -0.2) is 4.79 Å². The average Bonchev–Trinajstić information content (AvgIpc) is 3.11. The maximum Gasteiger partial charge on any atom is 0.327 e. The van der Waals surface area contributed by atoms with Crippen LogP contribution < -0.4 is 16.4 Å². The summed E-state index contributed by atoms with van der Waals surface area (Å²) < 4.78 is 0. The van der Waals surface area contributed by atoms with Gasteiger partial charge < -0.3 is 26.4 Å². The van der Waals surface area contributed by atoms with Crippen LogP contribution in [-0.4, -0.2) is 70.2 Å². The number of nitrogens with zero attached hydrogens (tertiary/aromatic N) is 1. The number of hydrogen-bond donors (Lipinski definition) is 5. The lowest BCUT2D eigenvalue weighted by atomic mass is 9.99. The molecular formula is C19H34N4O5S. The summed E-state index contributed by atoms with van der Waals surface area (Å²) in [4.78, 5) is 50.7. The molecule has 1 aliphatic rings. The van der Waals surface area contributed by atoms with E-state index in [2.05, 4.69) is 23.3 Å². The molecule has 3 amide bonds. The van der Waals surface area contributed by atoms with Gasteiger partial charge in [0.25, 0.3) is 0 Å². The van der Waals surface area contributed by atoms with Crippen LogP contribution in [-0.2, 0) is 19.2 Å². The molecule has 0 aromatic heterocycles. The quantitative estimate of drug-likeness (QED) is 0.309. The van der Waals surface area contributed by atoms with Crippen molar-refractivity contribution >= 4 is 36.3 Å². The van der Waals surface area contributed by atoms with Crippen LogP contribution in [0.3, 0.4) is 0 Å². The van der Waals surface area contributed by atoms with Crippen molar-refractivity contribution in [3.63, 3.8) is 0 Å². The van der Waals surface area contributed by atoms with Gasteiger partial charge in [-0.1, -0.05) is 27.7 Å². The third kappa shape index (κ3) is 7.18. The molecule has 166 valence electrons. The third-order valence-corrected chi connectivity index (χ3v) is 5.29. The molecule has 0 aliphatic carbocycles. The summed E-state index contributed by atoms with van der Waals surface area (Å²) in [7, 11) is 0. The molecule has 1 saturated heterocycles. The minimum atomic E-state index is -1.18. The summed E-state index contributed by atoms with van der Waals surface area (Å²) in [5, 5.41) is 14.3. The number of hydrogen-bond acceptors (Lipinski definition) is 6. The van der Waals surface area contributed by atoms with Gasteiger partial charge in [-0.05, 0) is 31.1 Å². The van der Waals surface area contributed by atoms with Crippen molar-refractivity contribution in [2.24, 2.45) is 17.6 Å². The predicted octanol–water partition coefficient (Wildman–Crippen LogP) is -0.00920. The Morgan fingerprint density at radius 2 is 1.79 bits per heavy atom. The first-order chi connectivity index (χ1) is 13.5.